The maximum absolute atomic E-state index is 10.8. The molecule has 0 radical (unpaired) electrons. The highest BCUT2D eigenvalue weighted by Crippen LogP contribution is 2.43. The molecule has 3 aromatic carbocycles. The molecule has 2 aliphatic rings. The zero-order valence-electron chi connectivity index (χ0n) is 25.9. The van der Waals surface area contributed by atoms with Crippen LogP contribution in [0.4, 0.5) is 17.1 Å². The summed E-state index contributed by atoms with van der Waals surface area (Å²) in [6.45, 7) is 9.81. The monoisotopic (exact) mass is 688 g/mol. The van der Waals surface area contributed by atoms with Crippen molar-refractivity contribution >= 4 is 67.6 Å². The van der Waals surface area contributed by atoms with Crippen LogP contribution in [0.5, 0.6) is 5.75 Å². The van der Waals surface area contributed by atoms with E-state index in [0.717, 1.165) is 70.3 Å². The van der Waals surface area contributed by atoms with E-state index < -0.39 is 10.1 Å². The van der Waals surface area contributed by atoms with Gasteiger partial charge in [-0.25, -0.2) is 4.98 Å². The van der Waals surface area contributed by atoms with Crippen molar-refractivity contribution in [1.82, 2.24) is 9.47 Å². The molecule has 0 fully saturated rings. The number of nitrogens with one attached hydrogen (secondary N) is 1. The number of hydrogen-bond donors (Lipinski definition) is 2. The van der Waals surface area contributed by atoms with Gasteiger partial charge in [0.1, 0.15) is 11.2 Å². The van der Waals surface area contributed by atoms with Gasteiger partial charge in [0.25, 0.3) is 10.1 Å². The number of anilines is 2. The Morgan fingerprint density at radius 3 is 2.61 bits per heavy atom. The highest BCUT2D eigenvalue weighted by atomic mass is 35.5. The largest absolute Gasteiger partial charge is 0.870 e. The van der Waals surface area contributed by atoms with Gasteiger partial charge >= 0.3 is 0 Å². The van der Waals surface area contributed by atoms with Gasteiger partial charge in [-0.3, -0.25) is 9.04 Å². The van der Waals surface area contributed by atoms with E-state index in [1.54, 1.807) is 6.08 Å². The second kappa shape index (κ2) is 14.9. The fourth-order valence-electron chi connectivity index (χ4n) is 5.58. The lowest BCUT2D eigenvalue weighted by Gasteiger charge is -2.33. The molecular formula is C33H38Cl2N4O6S. The number of benzene rings is 3. The average Bonchev–Trinajstić information content (AvgIpc) is 3.68. The van der Waals surface area contributed by atoms with Crippen LogP contribution in [0.3, 0.4) is 0 Å². The van der Waals surface area contributed by atoms with Crippen LogP contribution in [0, 0.1) is 6.92 Å². The van der Waals surface area contributed by atoms with Crippen LogP contribution in [0.1, 0.15) is 38.1 Å². The van der Waals surface area contributed by atoms with Gasteiger partial charge in [0.2, 0.25) is 5.89 Å². The maximum atomic E-state index is 10.8. The van der Waals surface area contributed by atoms with Crippen molar-refractivity contribution in [2.75, 3.05) is 42.3 Å². The summed E-state index contributed by atoms with van der Waals surface area (Å²) in [6.07, 6.45) is 6.66. The van der Waals surface area contributed by atoms with Crippen molar-refractivity contribution < 1.29 is 27.6 Å². The number of ether oxygens (including phenoxy) is 1. The lowest BCUT2D eigenvalue weighted by Crippen LogP contribution is -2.51. The Hall–Kier alpha value is -3.58. The molecule has 3 N–H and O–H groups in total. The molecule has 46 heavy (non-hydrogen) atoms. The standard InChI is InChI=1S/C18H13ClN2O2.C15H23ClN2O3S.H2O/c1-11-9-16-14(10-12(11)19)21-18(23-16)8-4-7-17-20-13-5-2-3-6-15(13)22-17;1-3-17-12-18(4-2,9-5-6-10-22(19,20)21)15-11-13(16)7-8-14(15)17;/h2-10,21H,1H3;7-8,11H,3-6,9-10,12H2,1-2H3;1H2. The third kappa shape index (κ3) is 8.22. The molecule has 13 heteroatoms. The third-order valence-corrected chi connectivity index (χ3v) is 9.44. The van der Waals surface area contributed by atoms with E-state index in [4.69, 9.17) is 36.9 Å². The Kier molecular flexibility index (Phi) is 11.4. The average molecular weight is 690 g/mol. The fraction of sp³-hybridized carbons (Fsp3) is 0.303. The number of halogens is 2. The van der Waals surface area contributed by atoms with Crippen LogP contribution in [-0.4, -0.2) is 55.5 Å². The minimum absolute atomic E-state index is 0. The molecule has 0 bridgehead atoms. The summed E-state index contributed by atoms with van der Waals surface area (Å²) in [5.41, 5.74) is 5.88. The predicted octanol–water partition coefficient (Wildman–Crippen LogP) is 8.10. The molecule has 0 amide bonds. The summed E-state index contributed by atoms with van der Waals surface area (Å²) in [4.78, 5) is 6.71. The normalized spacial score (nSPS) is 17.7. The molecule has 3 heterocycles. The number of oxazole rings is 1. The molecule has 10 nitrogen and oxygen atoms in total. The van der Waals surface area contributed by atoms with Gasteiger partial charge in [-0.1, -0.05) is 41.4 Å². The Bertz CT molecular complexity index is 1790. The van der Waals surface area contributed by atoms with E-state index in [2.05, 4.69) is 35.1 Å². The Morgan fingerprint density at radius 2 is 1.89 bits per heavy atom. The van der Waals surface area contributed by atoms with Crippen LogP contribution < -0.4 is 19.4 Å². The highest BCUT2D eigenvalue weighted by molar-refractivity contribution is 7.85. The molecule has 6 rings (SSSR count). The Balaban J connectivity index is 0.000000205. The molecule has 2 aliphatic heterocycles. The number of para-hydroxylation sites is 2. The number of rotatable bonds is 9. The number of aromatic nitrogens is 1. The van der Waals surface area contributed by atoms with Crippen molar-refractivity contribution in [2.45, 2.75) is 33.6 Å². The van der Waals surface area contributed by atoms with Crippen LogP contribution in [0.15, 0.2) is 77.0 Å². The number of unbranched alkanes of at least 4 members (excludes halogenated alkanes) is 1. The van der Waals surface area contributed by atoms with Crippen molar-refractivity contribution in [3.63, 3.8) is 0 Å². The number of allylic oxidation sites excluding steroid dienone is 2. The summed E-state index contributed by atoms with van der Waals surface area (Å²) in [5, 5.41) is 4.61. The first-order chi connectivity index (χ1) is 21.5. The van der Waals surface area contributed by atoms with E-state index in [1.807, 2.05) is 67.6 Å². The fourth-order valence-corrected chi connectivity index (χ4v) is 6.48. The smallest absolute Gasteiger partial charge is 0.264 e. The van der Waals surface area contributed by atoms with Crippen molar-refractivity contribution in [3.8, 4) is 5.75 Å². The molecule has 0 aliphatic carbocycles. The topological polar surface area (TPSA) is 135 Å². The van der Waals surface area contributed by atoms with Crippen LogP contribution in [0.2, 0.25) is 10.0 Å². The zero-order valence-corrected chi connectivity index (χ0v) is 28.2. The quantitative estimate of drug-likeness (QED) is 0.102. The molecule has 1 atom stereocenters. The number of fused-ring (bicyclic) bond motifs is 3. The van der Waals surface area contributed by atoms with E-state index in [-0.39, 0.29) is 11.2 Å². The third-order valence-electron chi connectivity index (χ3n) is 7.99. The van der Waals surface area contributed by atoms with E-state index in [1.165, 1.54) is 11.4 Å². The van der Waals surface area contributed by atoms with Gasteiger partial charge in [0.15, 0.2) is 29.6 Å². The molecule has 246 valence electrons. The molecule has 0 spiro atoms. The number of quaternary nitrogens is 1. The van der Waals surface area contributed by atoms with Crippen LogP contribution >= 0.6 is 23.2 Å². The second-order valence-electron chi connectivity index (χ2n) is 11.0. The molecule has 1 unspecified atom stereocenters. The summed E-state index contributed by atoms with van der Waals surface area (Å²) in [6, 6.07) is 17.4. The molecule has 1 aromatic heterocycles. The maximum Gasteiger partial charge on any atom is 0.264 e. The van der Waals surface area contributed by atoms with Crippen LogP contribution in [0.25, 0.3) is 17.2 Å². The summed E-state index contributed by atoms with van der Waals surface area (Å²) in [5.74, 6) is 1.79. The van der Waals surface area contributed by atoms with Crippen molar-refractivity contribution in [1.29, 1.82) is 0 Å². The van der Waals surface area contributed by atoms with Crippen LogP contribution in [-0.2, 0) is 10.1 Å². The zero-order chi connectivity index (χ0) is 32.2. The lowest BCUT2D eigenvalue weighted by atomic mass is 10.2. The summed E-state index contributed by atoms with van der Waals surface area (Å²) >= 11 is 12.3. The predicted molar refractivity (Wildman–Crippen MR) is 186 cm³/mol. The molecular weight excluding hydrogens is 651 g/mol. The lowest BCUT2D eigenvalue weighted by molar-refractivity contribution is 0.299. The first-order valence-corrected chi connectivity index (χ1v) is 17.2. The first-order valence-electron chi connectivity index (χ1n) is 14.9. The van der Waals surface area contributed by atoms with Crippen molar-refractivity contribution in [2.24, 2.45) is 0 Å². The first kappa shape index (κ1) is 35.3. The van der Waals surface area contributed by atoms with E-state index in [9.17, 15) is 8.42 Å². The molecule has 0 saturated carbocycles. The SMILES string of the molecule is CCN1C[N+](CC)(CCCCS(=O)(=O)O)c2cc(Cl)ccc21.Cc1cc2c(cc1Cl)NC(=CC=Cc1nc3ccccc3o1)O2.[OH-]. The van der Waals surface area contributed by atoms with Gasteiger partial charge in [-0.05, 0) is 81.7 Å². The van der Waals surface area contributed by atoms with Gasteiger partial charge in [0, 0.05) is 28.7 Å². The Labute approximate surface area is 279 Å². The highest BCUT2D eigenvalue weighted by Gasteiger charge is 2.40. The number of nitrogens with zero attached hydrogens (tertiary/aromatic N) is 3. The van der Waals surface area contributed by atoms with Gasteiger partial charge < -0.3 is 24.8 Å². The van der Waals surface area contributed by atoms with Gasteiger partial charge in [-0.15, -0.1) is 0 Å². The summed E-state index contributed by atoms with van der Waals surface area (Å²) in [7, 11) is -3.87. The van der Waals surface area contributed by atoms with E-state index >= 15 is 0 Å². The summed E-state index contributed by atoms with van der Waals surface area (Å²) < 4.78 is 42.7. The molecule has 4 aromatic rings. The van der Waals surface area contributed by atoms with E-state index in [0.29, 0.717) is 23.2 Å². The second-order valence-corrected chi connectivity index (χ2v) is 13.5. The number of hydrogen-bond acceptors (Lipinski definition) is 8. The minimum atomic E-state index is -3.87. The van der Waals surface area contributed by atoms with Gasteiger partial charge in [0.05, 0.1) is 24.5 Å². The Morgan fingerprint density at radius 1 is 1.11 bits per heavy atom. The number of aryl methyl sites for hydroxylation is 1. The minimum Gasteiger partial charge on any atom is -0.870 e. The van der Waals surface area contributed by atoms with Crippen molar-refractivity contribution in [3.05, 3.63) is 94.1 Å². The van der Waals surface area contributed by atoms with Gasteiger partial charge in [-0.2, -0.15) is 8.42 Å². The molecule has 0 saturated heterocycles.